The summed E-state index contributed by atoms with van der Waals surface area (Å²) in [6.07, 6.45) is 0.485. The van der Waals surface area contributed by atoms with Gasteiger partial charge in [0, 0.05) is 12.1 Å². The van der Waals surface area contributed by atoms with Gasteiger partial charge in [-0.25, -0.2) is 0 Å². The summed E-state index contributed by atoms with van der Waals surface area (Å²) in [6, 6.07) is 14.9. The maximum absolute atomic E-state index is 12.4. The Morgan fingerprint density at radius 2 is 2.00 bits per heavy atom. The van der Waals surface area contributed by atoms with Gasteiger partial charge in [0.25, 0.3) is 5.91 Å². The number of nitrogens with zero attached hydrogens (tertiary/aromatic N) is 1. The normalized spacial score (nSPS) is 16.6. The first-order valence-electron chi connectivity index (χ1n) is 8.84. The van der Waals surface area contributed by atoms with Crippen LogP contribution in [0.25, 0.3) is 0 Å². The molecule has 0 bridgehead atoms. The third kappa shape index (κ3) is 4.61. The largest absolute Gasteiger partial charge is 0.492 e. The van der Waals surface area contributed by atoms with Gasteiger partial charge in [-0.15, -0.1) is 0 Å². The number of ether oxygens (including phenoxy) is 2. The smallest absolute Gasteiger partial charge is 0.313 e. The zero-order chi connectivity index (χ0) is 19.4. The van der Waals surface area contributed by atoms with Gasteiger partial charge in [0.1, 0.15) is 12.4 Å². The van der Waals surface area contributed by atoms with Crippen molar-refractivity contribution in [3.63, 3.8) is 0 Å². The summed E-state index contributed by atoms with van der Waals surface area (Å²) in [5.74, 6) is -0.397. The van der Waals surface area contributed by atoms with Crippen LogP contribution in [0.1, 0.15) is 24.1 Å². The molecule has 0 spiro atoms. The van der Waals surface area contributed by atoms with Gasteiger partial charge in [0.05, 0.1) is 12.0 Å². The summed E-state index contributed by atoms with van der Waals surface area (Å²) in [4.78, 5) is 26.3. The molecule has 2 aromatic rings. The minimum atomic E-state index is -0.444. The molecule has 5 nitrogen and oxygen atoms in total. The van der Waals surface area contributed by atoms with Gasteiger partial charge in [0.2, 0.25) is 0 Å². The van der Waals surface area contributed by atoms with Crippen molar-refractivity contribution in [1.29, 1.82) is 0 Å². The first kappa shape index (κ1) is 19.2. The van der Waals surface area contributed by atoms with Crippen molar-refractivity contribution in [2.75, 3.05) is 20.3 Å². The monoisotopic (exact) mass is 387 g/mol. The lowest BCUT2D eigenvalue weighted by Gasteiger charge is -2.26. The molecule has 2 aromatic carbocycles. The molecule has 3 rings (SSSR count). The molecule has 0 radical (unpaired) electrons. The Balaban J connectivity index is 1.53. The van der Waals surface area contributed by atoms with E-state index in [-0.39, 0.29) is 25.2 Å². The molecule has 0 saturated carbocycles. The van der Waals surface area contributed by atoms with Crippen LogP contribution >= 0.6 is 11.6 Å². The summed E-state index contributed by atoms with van der Waals surface area (Å²) in [5, 5.41) is 0.595. The predicted octanol–water partition coefficient (Wildman–Crippen LogP) is 3.65. The molecular formula is C21H22ClNO4. The second kappa shape index (κ2) is 8.44. The standard InChI is InChI=1S/C21H22ClNO4/c1-14(15-6-4-3-5-7-15)23(2)20(24)13-27-21(25)17-10-16-11-18(22)8-9-19(16)26-12-17/h3-9,11,14,17H,10,12-13H2,1-2H3/t14-,17-/m1/s1. The van der Waals surface area contributed by atoms with Crippen LogP contribution < -0.4 is 4.74 Å². The summed E-state index contributed by atoms with van der Waals surface area (Å²) in [6.45, 7) is 1.88. The predicted molar refractivity (Wildman–Crippen MR) is 103 cm³/mol. The number of carbonyl (C=O) groups excluding carboxylic acids is 2. The first-order valence-corrected chi connectivity index (χ1v) is 9.22. The van der Waals surface area contributed by atoms with Crippen LogP contribution in [0.4, 0.5) is 0 Å². The highest BCUT2D eigenvalue weighted by molar-refractivity contribution is 6.30. The fraction of sp³-hybridized carbons (Fsp3) is 0.333. The summed E-state index contributed by atoms with van der Waals surface area (Å²) in [7, 11) is 1.70. The number of carbonyl (C=O) groups is 2. The number of benzene rings is 2. The fourth-order valence-electron chi connectivity index (χ4n) is 3.04. The van der Waals surface area contributed by atoms with E-state index in [0.717, 1.165) is 16.9 Å². The zero-order valence-corrected chi connectivity index (χ0v) is 16.1. The van der Waals surface area contributed by atoms with Crippen molar-refractivity contribution in [2.24, 2.45) is 5.92 Å². The quantitative estimate of drug-likeness (QED) is 0.735. The SMILES string of the molecule is C[C@H](c1ccccc1)N(C)C(=O)COC(=O)[C@H]1COc2ccc(Cl)cc2C1. The number of likely N-dealkylation sites (N-methyl/N-ethyl adjacent to an activating group) is 1. The fourth-order valence-corrected chi connectivity index (χ4v) is 3.23. The summed E-state index contributed by atoms with van der Waals surface area (Å²) >= 11 is 6.00. The van der Waals surface area contributed by atoms with E-state index >= 15 is 0 Å². The zero-order valence-electron chi connectivity index (χ0n) is 15.4. The van der Waals surface area contributed by atoms with Gasteiger partial charge in [-0.05, 0) is 42.7 Å². The second-order valence-electron chi connectivity index (χ2n) is 6.66. The van der Waals surface area contributed by atoms with Crippen molar-refractivity contribution in [2.45, 2.75) is 19.4 Å². The number of esters is 1. The maximum Gasteiger partial charge on any atom is 0.313 e. The van der Waals surface area contributed by atoms with E-state index in [1.54, 1.807) is 30.1 Å². The Morgan fingerprint density at radius 1 is 1.26 bits per heavy atom. The lowest BCUT2D eigenvalue weighted by atomic mass is 9.97. The number of hydrogen-bond acceptors (Lipinski definition) is 4. The Bertz CT molecular complexity index is 824. The first-order chi connectivity index (χ1) is 13.0. The Kier molecular flexibility index (Phi) is 6.01. The molecule has 142 valence electrons. The van der Waals surface area contributed by atoms with Gasteiger partial charge in [-0.2, -0.15) is 0 Å². The number of rotatable bonds is 5. The highest BCUT2D eigenvalue weighted by Gasteiger charge is 2.28. The van der Waals surface area contributed by atoms with E-state index < -0.39 is 11.9 Å². The van der Waals surface area contributed by atoms with Crippen LogP contribution in [0.3, 0.4) is 0 Å². The number of hydrogen-bond donors (Lipinski definition) is 0. The third-order valence-electron chi connectivity index (χ3n) is 4.86. The van der Waals surface area contributed by atoms with E-state index in [1.807, 2.05) is 37.3 Å². The second-order valence-corrected chi connectivity index (χ2v) is 7.10. The van der Waals surface area contributed by atoms with Gasteiger partial charge >= 0.3 is 5.97 Å². The molecule has 1 heterocycles. The maximum atomic E-state index is 12.4. The molecule has 1 aliphatic rings. The molecule has 2 atom stereocenters. The van der Waals surface area contributed by atoms with Crippen molar-refractivity contribution in [3.8, 4) is 5.75 Å². The number of fused-ring (bicyclic) bond motifs is 1. The number of halogens is 1. The van der Waals surface area contributed by atoms with Crippen LogP contribution in [0.5, 0.6) is 5.75 Å². The Labute approximate surface area is 163 Å². The van der Waals surface area contributed by atoms with Crippen LogP contribution in [0, 0.1) is 5.92 Å². The van der Waals surface area contributed by atoms with Crippen molar-refractivity contribution in [1.82, 2.24) is 4.90 Å². The van der Waals surface area contributed by atoms with Gasteiger partial charge in [-0.3, -0.25) is 9.59 Å². The minimum absolute atomic E-state index is 0.107. The van der Waals surface area contributed by atoms with E-state index in [0.29, 0.717) is 11.4 Å². The molecule has 1 amide bonds. The van der Waals surface area contributed by atoms with Gasteiger partial charge < -0.3 is 14.4 Å². The Morgan fingerprint density at radius 3 is 2.74 bits per heavy atom. The van der Waals surface area contributed by atoms with Crippen molar-refractivity contribution in [3.05, 3.63) is 64.7 Å². The molecule has 0 saturated heterocycles. The van der Waals surface area contributed by atoms with E-state index in [4.69, 9.17) is 21.1 Å². The van der Waals surface area contributed by atoms with Crippen LogP contribution in [-0.4, -0.2) is 37.0 Å². The molecule has 0 aromatic heterocycles. The Hall–Kier alpha value is -2.53. The molecule has 27 heavy (non-hydrogen) atoms. The topological polar surface area (TPSA) is 55.8 Å². The van der Waals surface area contributed by atoms with Gasteiger partial charge in [-0.1, -0.05) is 41.9 Å². The van der Waals surface area contributed by atoms with Crippen LogP contribution in [0.2, 0.25) is 5.02 Å². The molecular weight excluding hydrogens is 366 g/mol. The van der Waals surface area contributed by atoms with Crippen LogP contribution in [0.15, 0.2) is 48.5 Å². The molecule has 6 heteroatoms. The lowest BCUT2D eigenvalue weighted by molar-refractivity contribution is -0.156. The van der Waals surface area contributed by atoms with Crippen molar-refractivity contribution < 1.29 is 19.1 Å². The van der Waals surface area contributed by atoms with Gasteiger partial charge in [0.15, 0.2) is 6.61 Å². The van der Waals surface area contributed by atoms with Crippen molar-refractivity contribution >= 4 is 23.5 Å². The highest BCUT2D eigenvalue weighted by Crippen LogP contribution is 2.30. The molecule has 0 unspecified atom stereocenters. The molecule has 1 aliphatic heterocycles. The average Bonchev–Trinajstić information content (AvgIpc) is 2.70. The molecule has 0 aliphatic carbocycles. The van der Waals surface area contributed by atoms with E-state index in [9.17, 15) is 9.59 Å². The summed E-state index contributed by atoms with van der Waals surface area (Å²) < 4.78 is 10.9. The highest BCUT2D eigenvalue weighted by atomic mass is 35.5. The number of amides is 1. The third-order valence-corrected chi connectivity index (χ3v) is 5.09. The minimum Gasteiger partial charge on any atom is -0.492 e. The van der Waals surface area contributed by atoms with Crippen LogP contribution in [-0.2, 0) is 20.7 Å². The molecule has 0 N–H and O–H groups in total. The van der Waals surface area contributed by atoms with E-state index in [1.165, 1.54) is 0 Å². The van der Waals surface area contributed by atoms with E-state index in [2.05, 4.69) is 0 Å². The average molecular weight is 388 g/mol. The summed E-state index contributed by atoms with van der Waals surface area (Å²) in [5.41, 5.74) is 1.89. The lowest BCUT2D eigenvalue weighted by Crippen LogP contribution is -2.36. The molecule has 0 fully saturated rings.